The fourth-order valence-corrected chi connectivity index (χ4v) is 2.62. The first-order valence-corrected chi connectivity index (χ1v) is 6.70. The summed E-state index contributed by atoms with van der Waals surface area (Å²) in [5.74, 6) is 0.657. The minimum Gasteiger partial charge on any atom is -0.398 e. The molecule has 1 aliphatic rings. The molecule has 0 aliphatic heterocycles. The van der Waals surface area contributed by atoms with Gasteiger partial charge in [-0.05, 0) is 37.0 Å². The monoisotopic (exact) mass is 253 g/mol. The van der Waals surface area contributed by atoms with Crippen molar-refractivity contribution in [3.05, 3.63) is 28.8 Å². The second-order valence-corrected chi connectivity index (χ2v) is 5.39. The molecule has 0 aromatic heterocycles. The van der Waals surface area contributed by atoms with Crippen LogP contribution in [0.2, 0.25) is 5.02 Å². The minimum atomic E-state index is 0.377. The molecule has 1 aromatic carbocycles. The first-order chi connectivity index (χ1) is 8.16. The average Bonchev–Trinajstić information content (AvgIpc) is 2.32. The van der Waals surface area contributed by atoms with Crippen LogP contribution in [0.5, 0.6) is 0 Å². The van der Waals surface area contributed by atoms with E-state index in [4.69, 9.17) is 22.1 Å². The number of hydrogen-bond acceptors (Lipinski definition) is 2. The molecule has 0 saturated heterocycles. The van der Waals surface area contributed by atoms with Gasteiger partial charge >= 0.3 is 0 Å². The summed E-state index contributed by atoms with van der Waals surface area (Å²) in [6, 6.07) is 5.54. The van der Waals surface area contributed by atoms with Crippen LogP contribution in [0.15, 0.2) is 18.2 Å². The average molecular weight is 254 g/mol. The first-order valence-electron chi connectivity index (χ1n) is 6.32. The normalized spacial score (nSPS) is 24.8. The number of benzene rings is 1. The molecule has 0 spiro atoms. The fraction of sp³-hybridized carbons (Fsp3) is 0.571. The van der Waals surface area contributed by atoms with Crippen molar-refractivity contribution in [2.45, 2.75) is 45.3 Å². The number of hydrogen-bond donors (Lipinski definition) is 1. The molecule has 2 unspecified atom stereocenters. The maximum Gasteiger partial charge on any atom is 0.0741 e. The van der Waals surface area contributed by atoms with Gasteiger partial charge in [0.2, 0.25) is 0 Å². The van der Waals surface area contributed by atoms with Gasteiger partial charge in [-0.3, -0.25) is 0 Å². The molecule has 94 valence electrons. The van der Waals surface area contributed by atoms with Crippen LogP contribution in [-0.4, -0.2) is 6.10 Å². The van der Waals surface area contributed by atoms with Crippen LogP contribution in [0.25, 0.3) is 0 Å². The van der Waals surface area contributed by atoms with Gasteiger partial charge in [-0.25, -0.2) is 0 Å². The largest absolute Gasteiger partial charge is 0.398 e. The number of ether oxygens (including phenoxy) is 1. The fourth-order valence-electron chi connectivity index (χ4n) is 2.43. The van der Waals surface area contributed by atoms with Gasteiger partial charge in [-0.1, -0.05) is 31.4 Å². The lowest BCUT2D eigenvalue weighted by Gasteiger charge is -2.28. The van der Waals surface area contributed by atoms with Crippen LogP contribution in [0.1, 0.15) is 38.2 Å². The lowest BCUT2D eigenvalue weighted by atomic mass is 9.88. The molecule has 17 heavy (non-hydrogen) atoms. The summed E-state index contributed by atoms with van der Waals surface area (Å²) in [7, 11) is 0. The number of nitrogen functional groups attached to an aromatic ring is 1. The van der Waals surface area contributed by atoms with Crippen LogP contribution in [0.3, 0.4) is 0 Å². The molecule has 2 N–H and O–H groups in total. The smallest absolute Gasteiger partial charge is 0.0741 e. The van der Waals surface area contributed by atoms with Gasteiger partial charge in [-0.2, -0.15) is 0 Å². The number of rotatable bonds is 3. The van der Waals surface area contributed by atoms with E-state index >= 15 is 0 Å². The Morgan fingerprint density at radius 1 is 1.35 bits per heavy atom. The number of nitrogens with two attached hydrogens (primary N) is 1. The maximum absolute atomic E-state index is 5.98. The molecule has 0 heterocycles. The van der Waals surface area contributed by atoms with E-state index in [1.165, 1.54) is 25.7 Å². The van der Waals surface area contributed by atoms with Gasteiger partial charge in [0.05, 0.1) is 12.7 Å². The molecule has 2 nitrogen and oxygen atoms in total. The zero-order chi connectivity index (χ0) is 12.3. The second kappa shape index (κ2) is 5.74. The van der Waals surface area contributed by atoms with E-state index in [0.717, 1.165) is 16.3 Å². The Morgan fingerprint density at radius 2 is 2.12 bits per heavy atom. The Balaban J connectivity index is 1.94. The quantitative estimate of drug-likeness (QED) is 0.826. The van der Waals surface area contributed by atoms with Crippen LogP contribution in [0.4, 0.5) is 5.69 Å². The lowest BCUT2D eigenvalue weighted by molar-refractivity contribution is -0.0152. The highest BCUT2D eigenvalue weighted by Crippen LogP contribution is 2.28. The highest BCUT2D eigenvalue weighted by molar-refractivity contribution is 6.30. The summed E-state index contributed by atoms with van der Waals surface area (Å²) in [6.45, 7) is 2.84. The number of anilines is 1. The van der Waals surface area contributed by atoms with Crippen molar-refractivity contribution in [1.29, 1.82) is 0 Å². The molecule has 2 rings (SSSR count). The van der Waals surface area contributed by atoms with E-state index in [1.807, 2.05) is 18.2 Å². The van der Waals surface area contributed by atoms with E-state index < -0.39 is 0 Å². The van der Waals surface area contributed by atoms with E-state index in [2.05, 4.69) is 6.92 Å². The third kappa shape index (κ3) is 3.36. The molecule has 3 heteroatoms. The summed E-state index contributed by atoms with van der Waals surface area (Å²) in [4.78, 5) is 0. The predicted molar refractivity (Wildman–Crippen MR) is 72.1 cm³/mol. The molecule has 0 radical (unpaired) electrons. The van der Waals surface area contributed by atoms with Crippen molar-refractivity contribution < 1.29 is 4.74 Å². The summed E-state index contributed by atoms with van der Waals surface area (Å²) in [5.41, 5.74) is 7.66. The first kappa shape index (κ1) is 12.7. The van der Waals surface area contributed by atoms with Crippen molar-refractivity contribution >= 4 is 17.3 Å². The number of halogens is 1. The van der Waals surface area contributed by atoms with Crippen molar-refractivity contribution in [3.63, 3.8) is 0 Å². The van der Waals surface area contributed by atoms with Gasteiger partial charge in [-0.15, -0.1) is 0 Å². The molecule has 0 bridgehead atoms. The van der Waals surface area contributed by atoms with Crippen molar-refractivity contribution in [3.8, 4) is 0 Å². The molecular weight excluding hydrogens is 234 g/mol. The third-order valence-electron chi connectivity index (χ3n) is 3.59. The lowest BCUT2D eigenvalue weighted by Crippen LogP contribution is -2.25. The van der Waals surface area contributed by atoms with Crippen molar-refractivity contribution in [2.24, 2.45) is 5.92 Å². The minimum absolute atomic E-state index is 0.377. The summed E-state index contributed by atoms with van der Waals surface area (Å²) < 4.78 is 5.98. The zero-order valence-corrected chi connectivity index (χ0v) is 11.0. The summed E-state index contributed by atoms with van der Waals surface area (Å²) in [5, 5.41) is 0.717. The van der Waals surface area contributed by atoms with Crippen LogP contribution < -0.4 is 5.73 Å². The summed E-state index contributed by atoms with van der Waals surface area (Å²) >= 11 is 5.96. The van der Waals surface area contributed by atoms with E-state index in [1.54, 1.807) is 0 Å². The van der Waals surface area contributed by atoms with Gasteiger partial charge in [0.15, 0.2) is 0 Å². The summed E-state index contributed by atoms with van der Waals surface area (Å²) in [6.07, 6.45) is 5.43. The van der Waals surface area contributed by atoms with E-state index in [-0.39, 0.29) is 0 Å². The highest BCUT2D eigenvalue weighted by Gasteiger charge is 2.21. The predicted octanol–water partition coefficient (Wildman–Crippen LogP) is 4.02. The molecule has 2 atom stereocenters. The molecule has 1 aliphatic carbocycles. The topological polar surface area (TPSA) is 35.2 Å². The van der Waals surface area contributed by atoms with Gasteiger partial charge < -0.3 is 10.5 Å². The van der Waals surface area contributed by atoms with E-state index in [0.29, 0.717) is 18.6 Å². The van der Waals surface area contributed by atoms with Gasteiger partial charge in [0.1, 0.15) is 0 Å². The molecule has 1 aromatic rings. The Hall–Kier alpha value is -0.730. The van der Waals surface area contributed by atoms with Crippen molar-refractivity contribution in [2.75, 3.05) is 5.73 Å². The second-order valence-electron chi connectivity index (χ2n) is 4.95. The Kier molecular flexibility index (Phi) is 4.30. The SMILES string of the molecule is CC1CCCCC1OCc1cc(Cl)ccc1N. The van der Waals surface area contributed by atoms with Crippen molar-refractivity contribution in [1.82, 2.24) is 0 Å². The maximum atomic E-state index is 5.98. The van der Waals surface area contributed by atoms with Gasteiger partial charge in [0, 0.05) is 16.3 Å². The third-order valence-corrected chi connectivity index (χ3v) is 3.83. The van der Waals surface area contributed by atoms with Gasteiger partial charge in [0.25, 0.3) is 0 Å². The molecule has 0 amide bonds. The zero-order valence-electron chi connectivity index (χ0n) is 10.3. The highest BCUT2D eigenvalue weighted by atomic mass is 35.5. The molecule has 1 fully saturated rings. The molecule has 1 saturated carbocycles. The standard InChI is InChI=1S/C14H20ClNO/c1-10-4-2-3-5-14(10)17-9-11-8-12(15)6-7-13(11)16/h6-8,10,14H,2-5,9,16H2,1H3. The van der Waals surface area contributed by atoms with Crippen LogP contribution in [0, 0.1) is 5.92 Å². The Bertz CT molecular complexity index is 380. The molecular formula is C14H20ClNO. The van der Waals surface area contributed by atoms with Crippen LogP contribution >= 0.6 is 11.6 Å². The van der Waals surface area contributed by atoms with Crippen LogP contribution in [-0.2, 0) is 11.3 Å². The Labute approximate surface area is 108 Å². The Morgan fingerprint density at radius 3 is 2.88 bits per heavy atom. The van der Waals surface area contributed by atoms with E-state index in [9.17, 15) is 0 Å².